The lowest BCUT2D eigenvalue weighted by atomic mass is 9.59. The number of hydrogen-bond donors (Lipinski definition) is 1. The molecule has 1 N–H and O–H groups in total. The molecule has 10 nitrogen and oxygen atoms in total. The summed E-state index contributed by atoms with van der Waals surface area (Å²) < 4.78 is 23.0. The summed E-state index contributed by atoms with van der Waals surface area (Å²) in [6.45, 7) is 0.0771. The molecule has 0 spiro atoms. The van der Waals surface area contributed by atoms with Gasteiger partial charge < -0.3 is 24.1 Å². The van der Waals surface area contributed by atoms with E-state index >= 15 is 14.4 Å². The summed E-state index contributed by atoms with van der Waals surface area (Å²) in [6.07, 6.45) is 0. The molecule has 3 heterocycles. The van der Waals surface area contributed by atoms with Crippen LogP contribution in [0.1, 0.15) is 32.6 Å². The van der Waals surface area contributed by atoms with Crippen molar-refractivity contribution >= 4 is 40.4 Å². The van der Waals surface area contributed by atoms with E-state index in [1.807, 2.05) is 84.9 Å². The fraction of sp³-hybridized carbons (Fsp3) is 0.143. The zero-order valence-corrected chi connectivity index (χ0v) is 27.3. The summed E-state index contributed by atoms with van der Waals surface area (Å²) in [5.74, 6) is -2.74. The van der Waals surface area contributed by atoms with Gasteiger partial charge in [-0.05, 0) is 81.9 Å². The molecular formula is C42H27NO9. The van der Waals surface area contributed by atoms with E-state index in [1.54, 1.807) is 12.1 Å². The summed E-state index contributed by atoms with van der Waals surface area (Å²) in [7, 11) is 0. The third kappa shape index (κ3) is 3.67. The number of ketones is 1. The molecule has 5 aromatic rings. The SMILES string of the molecule is O=C(O)c1ccc(N2C(=O)[C@@H]3[C@@H](C2=O)[C@]2(c4ccccc4)C(=O)[C@@]3(c3ccccc3)C(c3ccc4c(c3)OCO4)=C2c2ccc3c(c2)OCO3)cc1. The first kappa shape index (κ1) is 30.2. The van der Waals surface area contributed by atoms with Gasteiger partial charge in [0.1, 0.15) is 0 Å². The van der Waals surface area contributed by atoms with Gasteiger partial charge in [0.25, 0.3) is 0 Å². The standard InChI is InChI=1S/C42H27NO9/c44-37-35-36(38(45)43(37)28-15-11-23(12-16-28)39(46)47)42(27-9-5-2-6-10-27)34(25-14-18-30-32(20-25)52-22-50-30)33(24-13-17-29-31(19-24)51-21-49-29)41(35,40(42)48)26-7-3-1-4-8-26/h1-20,35-36H,21-22H2,(H,46,47)/t35-,36-,41-,42+/m0/s1. The van der Waals surface area contributed by atoms with E-state index in [0.717, 1.165) is 4.90 Å². The summed E-state index contributed by atoms with van der Waals surface area (Å²) in [5.41, 5.74) is 0.502. The van der Waals surface area contributed by atoms with Crippen molar-refractivity contribution in [1.82, 2.24) is 0 Å². The average Bonchev–Trinajstić information content (AvgIpc) is 3.98. The van der Waals surface area contributed by atoms with E-state index in [2.05, 4.69) is 0 Å². The maximum absolute atomic E-state index is 16.2. The van der Waals surface area contributed by atoms with Crippen LogP contribution in [0.2, 0.25) is 0 Å². The Morgan fingerprint density at radius 3 is 1.46 bits per heavy atom. The Labute approximate surface area is 296 Å². The van der Waals surface area contributed by atoms with Crippen molar-refractivity contribution in [3.05, 3.63) is 149 Å². The van der Waals surface area contributed by atoms with E-state index in [1.165, 1.54) is 24.3 Å². The average molecular weight is 690 g/mol. The van der Waals surface area contributed by atoms with Crippen molar-refractivity contribution in [2.45, 2.75) is 10.8 Å². The Bertz CT molecular complexity index is 2280. The molecule has 0 aromatic heterocycles. The molecule has 10 rings (SSSR count). The van der Waals surface area contributed by atoms with Gasteiger partial charge in [-0.2, -0.15) is 0 Å². The van der Waals surface area contributed by atoms with Crippen LogP contribution >= 0.6 is 0 Å². The van der Waals surface area contributed by atoms with E-state index < -0.39 is 40.4 Å². The molecule has 2 amide bonds. The fourth-order valence-corrected chi connectivity index (χ4v) is 9.24. The van der Waals surface area contributed by atoms with Crippen LogP contribution in [0, 0.1) is 11.8 Å². The number of carboxylic acid groups (broad SMARTS) is 1. The van der Waals surface area contributed by atoms with Gasteiger partial charge in [0, 0.05) is 0 Å². The number of ether oxygens (including phenoxy) is 4. The zero-order chi connectivity index (χ0) is 35.4. The predicted octanol–water partition coefficient (Wildman–Crippen LogP) is 6.03. The van der Waals surface area contributed by atoms with E-state index in [4.69, 9.17) is 18.9 Å². The van der Waals surface area contributed by atoms with Crippen LogP contribution in [0.3, 0.4) is 0 Å². The monoisotopic (exact) mass is 689 g/mol. The molecule has 10 heteroatoms. The lowest BCUT2D eigenvalue weighted by Gasteiger charge is -2.39. The zero-order valence-electron chi connectivity index (χ0n) is 27.3. The minimum absolute atomic E-state index is 0.0108. The van der Waals surface area contributed by atoms with Crippen molar-refractivity contribution in [3.8, 4) is 23.0 Å². The maximum Gasteiger partial charge on any atom is 0.335 e. The molecule has 0 radical (unpaired) electrons. The fourth-order valence-electron chi connectivity index (χ4n) is 9.24. The highest BCUT2D eigenvalue weighted by Crippen LogP contribution is 2.74. The summed E-state index contributed by atoms with van der Waals surface area (Å²) in [5, 5.41) is 9.57. The smallest absolute Gasteiger partial charge is 0.335 e. The van der Waals surface area contributed by atoms with Crippen LogP contribution in [-0.2, 0) is 25.2 Å². The Morgan fingerprint density at radius 2 is 1.02 bits per heavy atom. The van der Waals surface area contributed by atoms with Gasteiger partial charge in [-0.15, -0.1) is 0 Å². The van der Waals surface area contributed by atoms with Gasteiger partial charge in [-0.1, -0.05) is 72.8 Å². The molecule has 5 aromatic carbocycles. The van der Waals surface area contributed by atoms with Crippen molar-refractivity contribution in [1.29, 1.82) is 0 Å². The molecule has 254 valence electrons. The maximum atomic E-state index is 16.2. The van der Waals surface area contributed by atoms with Crippen molar-refractivity contribution in [2.75, 3.05) is 18.5 Å². The molecule has 1 saturated carbocycles. The molecule has 2 fully saturated rings. The molecule has 5 aliphatic rings. The highest BCUT2D eigenvalue weighted by molar-refractivity contribution is 6.39. The third-order valence-corrected chi connectivity index (χ3v) is 11.1. The van der Waals surface area contributed by atoms with Gasteiger partial charge in [0.05, 0.1) is 33.9 Å². The molecule has 52 heavy (non-hydrogen) atoms. The Morgan fingerprint density at radius 1 is 0.577 bits per heavy atom. The van der Waals surface area contributed by atoms with Crippen LogP contribution in [0.4, 0.5) is 5.69 Å². The highest BCUT2D eigenvalue weighted by atomic mass is 16.7. The third-order valence-electron chi connectivity index (χ3n) is 11.1. The van der Waals surface area contributed by atoms with Crippen LogP contribution in [0.5, 0.6) is 23.0 Å². The second-order valence-electron chi connectivity index (χ2n) is 13.4. The number of nitrogens with zero attached hydrogens (tertiary/aromatic N) is 1. The van der Waals surface area contributed by atoms with Gasteiger partial charge in [0.2, 0.25) is 25.4 Å². The molecule has 3 aliphatic heterocycles. The molecule has 0 unspecified atom stereocenters. The number of allylic oxidation sites excluding steroid dienone is 2. The van der Waals surface area contributed by atoms with Crippen molar-refractivity contribution in [2.24, 2.45) is 11.8 Å². The van der Waals surface area contributed by atoms with Crippen molar-refractivity contribution in [3.63, 3.8) is 0 Å². The first-order valence-electron chi connectivity index (χ1n) is 16.8. The number of benzene rings is 5. The number of amides is 2. The second kappa shape index (κ2) is 10.7. The molecule has 2 aliphatic carbocycles. The van der Waals surface area contributed by atoms with Crippen molar-refractivity contribution < 1.29 is 43.2 Å². The topological polar surface area (TPSA) is 129 Å². The number of carboxylic acids is 1. The lowest BCUT2D eigenvalue weighted by Crippen LogP contribution is -2.45. The van der Waals surface area contributed by atoms with Gasteiger partial charge in [-0.3, -0.25) is 14.4 Å². The molecule has 1 saturated heterocycles. The van der Waals surface area contributed by atoms with Crippen LogP contribution in [0.25, 0.3) is 11.1 Å². The number of carbonyl (C=O) groups is 4. The predicted molar refractivity (Wildman–Crippen MR) is 186 cm³/mol. The second-order valence-corrected chi connectivity index (χ2v) is 13.4. The number of carbonyl (C=O) groups excluding carboxylic acids is 3. The van der Waals surface area contributed by atoms with E-state index in [9.17, 15) is 9.90 Å². The first-order valence-corrected chi connectivity index (χ1v) is 16.8. The number of hydrogen-bond acceptors (Lipinski definition) is 8. The summed E-state index contributed by atoms with van der Waals surface area (Å²) in [4.78, 5) is 59.4. The van der Waals surface area contributed by atoms with Crippen LogP contribution in [0.15, 0.2) is 121 Å². The highest BCUT2D eigenvalue weighted by Gasteiger charge is 2.82. The van der Waals surface area contributed by atoms with Gasteiger partial charge >= 0.3 is 5.97 Å². The van der Waals surface area contributed by atoms with E-state index in [-0.39, 0.29) is 30.6 Å². The Balaban J connectivity index is 1.34. The number of anilines is 1. The Kier molecular flexibility index (Phi) is 6.19. The van der Waals surface area contributed by atoms with Gasteiger partial charge in [0.15, 0.2) is 28.8 Å². The molecule has 4 atom stereocenters. The molecule has 2 bridgehead atoms. The van der Waals surface area contributed by atoms with Crippen LogP contribution in [-0.4, -0.2) is 42.3 Å². The summed E-state index contributed by atoms with van der Waals surface area (Å²) in [6, 6.07) is 35.0. The minimum atomic E-state index is -1.65. The minimum Gasteiger partial charge on any atom is -0.478 e. The number of fused-ring (bicyclic) bond motifs is 7. The first-order chi connectivity index (χ1) is 25.4. The lowest BCUT2D eigenvalue weighted by molar-refractivity contribution is -0.130. The number of rotatable bonds is 6. The number of imide groups is 1. The van der Waals surface area contributed by atoms with E-state index in [0.29, 0.717) is 56.4 Å². The van der Waals surface area contributed by atoms with Crippen LogP contribution < -0.4 is 23.8 Å². The molecular weight excluding hydrogens is 662 g/mol. The van der Waals surface area contributed by atoms with Gasteiger partial charge in [-0.25, -0.2) is 9.69 Å². The normalized spacial score (nSPS) is 24.9. The quantitative estimate of drug-likeness (QED) is 0.213. The Hall–Kier alpha value is -6.68. The summed E-state index contributed by atoms with van der Waals surface area (Å²) >= 11 is 0. The number of Topliss-reactive ketones (excluding diaryl/α,β-unsaturated/α-hetero) is 1. The largest absolute Gasteiger partial charge is 0.478 e. The number of aromatic carboxylic acids is 1.